The number of hydrogen-bond donors (Lipinski definition) is 0. The van der Waals surface area contributed by atoms with Crippen LogP contribution in [0.4, 0.5) is 17.1 Å². The first-order valence-electron chi connectivity index (χ1n) is 21.7. The highest BCUT2D eigenvalue weighted by Gasteiger charge is 2.20. The first-order chi connectivity index (χ1) is 31.2. The normalized spacial score (nSPS) is 11.2. The number of anilines is 3. The van der Waals surface area contributed by atoms with E-state index in [4.69, 9.17) is 0 Å². The highest BCUT2D eigenvalue weighted by molar-refractivity contribution is 6.01. The Morgan fingerprint density at radius 3 is 1.32 bits per heavy atom. The molecule has 0 saturated carbocycles. The minimum absolute atomic E-state index is 1.07. The lowest BCUT2D eigenvalue weighted by Gasteiger charge is -2.27. The molecule has 0 aliphatic carbocycles. The predicted octanol–water partition coefficient (Wildman–Crippen LogP) is 17.5. The van der Waals surface area contributed by atoms with Crippen LogP contribution in [0.3, 0.4) is 0 Å². The smallest absolute Gasteiger partial charge is 0.0467 e. The van der Waals surface area contributed by atoms with Gasteiger partial charge in [-0.25, -0.2) is 0 Å². The van der Waals surface area contributed by atoms with E-state index in [0.29, 0.717) is 0 Å². The maximum Gasteiger partial charge on any atom is 0.0467 e. The molecule has 0 aromatic heterocycles. The molecular formula is C62H43N. The minimum atomic E-state index is 1.07. The molecule has 1 nitrogen and oxygen atoms in total. The van der Waals surface area contributed by atoms with Crippen molar-refractivity contribution in [2.45, 2.75) is 0 Å². The monoisotopic (exact) mass is 801 g/mol. The highest BCUT2D eigenvalue weighted by atomic mass is 15.1. The number of hydrogen-bond acceptors (Lipinski definition) is 1. The summed E-state index contributed by atoms with van der Waals surface area (Å²) in [5, 5.41) is 4.94. The van der Waals surface area contributed by atoms with Crippen LogP contribution in [0.1, 0.15) is 0 Å². The topological polar surface area (TPSA) is 3.24 Å². The number of rotatable bonds is 9. The molecule has 296 valence electrons. The van der Waals surface area contributed by atoms with Crippen LogP contribution in [-0.4, -0.2) is 0 Å². The van der Waals surface area contributed by atoms with Crippen LogP contribution in [-0.2, 0) is 0 Å². The van der Waals surface area contributed by atoms with Gasteiger partial charge >= 0.3 is 0 Å². The van der Waals surface area contributed by atoms with E-state index in [9.17, 15) is 0 Å². The highest BCUT2D eigenvalue weighted by Crippen LogP contribution is 2.46. The van der Waals surface area contributed by atoms with Crippen LogP contribution < -0.4 is 4.90 Å². The zero-order chi connectivity index (χ0) is 42.0. The molecule has 0 radical (unpaired) electrons. The van der Waals surface area contributed by atoms with Gasteiger partial charge in [0.25, 0.3) is 0 Å². The molecule has 0 saturated heterocycles. The lowest BCUT2D eigenvalue weighted by Crippen LogP contribution is -2.10. The number of benzene rings is 11. The van der Waals surface area contributed by atoms with Crippen LogP contribution in [0.25, 0.3) is 88.3 Å². The van der Waals surface area contributed by atoms with Crippen molar-refractivity contribution in [3.8, 4) is 66.8 Å². The molecular weight excluding hydrogens is 759 g/mol. The lowest BCUT2D eigenvalue weighted by molar-refractivity contribution is 1.28. The molecule has 0 bridgehead atoms. The minimum Gasteiger partial charge on any atom is -0.310 e. The Hall–Kier alpha value is -8.26. The zero-order valence-corrected chi connectivity index (χ0v) is 34.8. The molecule has 0 spiro atoms. The maximum atomic E-state index is 2.42. The number of nitrogens with zero attached hydrogens (tertiary/aromatic N) is 1. The summed E-state index contributed by atoms with van der Waals surface area (Å²) in [7, 11) is 0. The molecule has 63 heavy (non-hydrogen) atoms. The van der Waals surface area contributed by atoms with Crippen LogP contribution in [0.5, 0.6) is 0 Å². The number of fused-ring (bicyclic) bond motifs is 2. The second kappa shape index (κ2) is 16.7. The zero-order valence-electron chi connectivity index (χ0n) is 34.8. The first kappa shape index (κ1) is 37.7. The molecule has 0 amide bonds. The van der Waals surface area contributed by atoms with Crippen molar-refractivity contribution in [2.24, 2.45) is 0 Å². The molecule has 0 atom stereocenters. The Morgan fingerprint density at radius 1 is 0.206 bits per heavy atom. The molecule has 0 heterocycles. The van der Waals surface area contributed by atoms with Crippen molar-refractivity contribution >= 4 is 38.6 Å². The largest absolute Gasteiger partial charge is 0.310 e. The van der Waals surface area contributed by atoms with Crippen LogP contribution >= 0.6 is 0 Å². The van der Waals surface area contributed by atoms with Crippen molar-refractivity contribution in [2.75, 3.05) is 4.90 Å². The predicted molar refractivity (Wildman–Crippen MR) is 269 cm³/mol. The molecule has 0 fully saturated rings. The van der Waals surface area contributed by atoms with Crippen LogP contribution in [0.15, 0.2) is 261 Å². The quantitative estimate of drug-likeness (QED) is 0.141. The standard InChI is InChI=1S/C62H43N/c1-3-19-45(20-4-1)57-33-11-12-34-61(57)62-59(47-21-5-2-6-22-47)36-17-37-60(62)52-28-15-31-55(43-52)63(53-29-13-26-49(41-53)50-39-38-44-18-7-8-24-48(44)40-50)54-30-14-27-51(42-54)58-35-16-25-46-23-9-10-32-56(46)58/h1-43H. The fourth-order valence-corrected chi connectivity index (χ4v) is 9.25. The van der Waals surface area contributed by atoms with Gasteiger partial charge in [-0.1, -0.05) is 218 Å². The van der Waals surface area contributed by atoms with Crippen molar-refractivity contribution < 1.29 is 0 Å². The van der Waals surface area contributed by atoms with Crippen molar-refractivity contribution in [1.29, 1.82) is 0 Å². The van der Waals surface area contributed by atoms with Gasteiger partial charge < -0.3 is 4.90 Å². The Morgan fingerprint density at radius 2 is 0.619 bits per heavy atom. The Bertz CT molecular complexity index is 3400. The summed E-state index contributed by atoms with van der Waals surface area (Å²) in [5.74, 6) is 0. The SMILES string of the molecule is c1ccc(-c2ccccc2-c2c(-c3ccccc3)cccc2-c2cccc(N(c3cccc(-c4ccc5ccccc5c4)c3)c3cccc(-c4cccc5ccccc45)c3)c2)cc1. The Balaban J connectivity index is 1.11. The van der Waals surface area contributed by atoms with Gasteiger partial charge in [0.2, 0.25) is 0 Å². The first-order valence-corrected chi connectivity index (χ1v) is 21.7. The van der Waals surface area contributed by atoms with Gasteiger partial charge in [0, 0.05) is 17.1 Å². The van der Waals surface area contributed by atoms with E-state index >= 15 is 0 Å². The van der Waals surface area contributed by atoms with Gasteiger partial charge in [-0.2, -0.15) is 0 Å². The summed E-state index contributed by atoms with van der Waals surface area (Å²) < 4.78 is 0. The summed E-state index contributed by atoms with van der Waals surface area (Å²) in [6.45, 7) is 0. The molecule has 0 unspecified atom stereocenters. The van der Waals surface area contributed by atoms with E-state index in [-0.39, 0.29) is 0 Å². The molecule has 11 aromatic carbocycles. The fraction of sp³-hybridized carbons (Fsp3) is 0. The van der Waals surface area contributed by atoms with Gasteiger partial charge in [-0.05, 0) is 131 Å². The fourth-order valence-electron chi connectivity index (χ4n) is 9.25. The van der Waals surface area contributed by atoms with E-state index in [1.54, 1.807) is 0 Å². The molecule has 11 rings (SSSR count). The van der Waals surface area contributed by atoms with Crippen molar-refractivity contribution in [3.05, 3.63) is 261 Å². The van der Waals surface area contributed by atoms with Crippen LogP contribution in [0.2, 0.25) is 0 Å². The van der Waals surface area contributed by atoms with E-state index in [2.05, 4.69) is 266 Å². The van der Waals surface area contributed by atoms with Gasteiger partial charge in [0.1, 0.15) is 0 Å². The summed E-state index contributed by atoms with van der Waals surface area (Å²) in [6.07, 6.45) is 0. The third-order valence-electron chi connectivity index (χ3n) is 12.2. The average Bonchev–Trinajstić information content (AvgIpc) is 3.37. The third-order valence-corrected chi connectivity index (χ3v) is 12.2. The van der Waals surface area contributed by atoms with Crippen LogP contribution in [0, 0.1) is 0 Å². The van der Waals surface area contributed by atoms with Gasteiger partial charge in [0.05, 0.1) is 0 Å². The second-order valence-corrected chi connectivity index (χ2v) is 16.1. The molecule has 1 heteroatoms. The average molecular weight is 802 g/mol. The van der Waals surface area contributed by atoms with E-state index < -0.39 is 0 Å². The van der Waals surface area contributed by atoms with E-state index in [1.165, 1.54) is 82.7 Å². The molecule has 11 aromatic rings. The van der Waals surface area contributed by atoms with E-state index in [0.717, 1.165) is 22.6 Å². The van der Waals surface area contributed by atoms with Gasteiger partial charge in [-0.15, -0.1) is 0 Å². The maximum absolute atomic E-state index is 2.42. The second-order valence-electron chi connectivity index (χ2n) is 16.1. The van der Waals surface area contributed by atoms with Crippen molar-refractivity contribution in [1.82, 2.24) is 0 Å². The summed E-state index contributed by atoms with van der Waals surface area (Å²) in [5.41, 5.74) is 17.5. The lowest BCUT2D eigenvalue weighted by atomic mass is 9.84. The summed E-state index contributed by atoms with van der Waals surface area (Å²) in [6, 6.07) is 94.8. The van der Waals surface area contributed by atoms with Crippen molar-refractivity contribution in [3.63, 3.8) is 0 Å². The Kier molecular flexibility index (Phi) is 9.97. The van der Waals surface area contributed by atoms with Gasteiger partial charge in [0.15, 0.2) is 0 Å². The summed E-state index contributed by atoms with van der Waals surface area (Å²) in [4.78, 5) is 2.42. The molecule has 0 N–H and O–H groups in total. The molecule has 0 aliphatic heterocycles. The van der Waals surface area contributed by atoms with E-state index in [1.807, 2.05) is 0 Å². The molecule has 0 aliphatic rings. The van der Waals surface area contributed by atoms with Gasteiger partial charge in [-0.3, -0.25) is 0 Å². The third kappa shape index (κ3) is 7.37. The summed E-state index contributed by atoms with van der Waals surface area (Å²) >= 11 is 0. The Labute approximate surface area is 369 Å².